The molecule has 1 N–H and O–H groups in total. The number of carbonyl (C=O) groups is 2. The number of nitrogens with one attached hydrogen (secondary N) is 1. The lowest BCUT2D eigenvalue weighted by Crippen LogP contribution is -2.42. The van der Waals surface area contributed by atoms with Gasteiger partial charge in [0.2, 0.25) is 0 Å². The second-order valence-corrected chi connectivity index (χ2v) is 6.07. The highest BCUT2D eigenvalue weighted by molar-refractivity contribution is 6.06. The van der Waals surface area contributed by atoms with Gasteiger partial charge in [-0.15, -0.1) is 0 Å². The van der Waals surface area contributed by atoms with E-state index in [-0.39, 0.29) is 11.9 Å². The van der Waals surface area contributed by atoms with Crippen LogP contribution in [0.25, 0.3) is 0 Å². The van der Waals surface area contributed by atoms with E-state index in [0.717, 1.165) is 12.5 Å². The Bertz CT molecular complexity index is 363. The smallest absolute Gasteiger partial charge is 0.324 e. The standard InChI is InChI=1S/C13H23N3O2/c1-9(10-5-6-10)15(4)7-8-16-11(17)13(2,3)14-12(16)18/h9-10H,5-8H2,1-4H3,(H,14,18)/t9-/m1/s1. The van der Waals surface area contributed by atoms with Gasteiger partial charge < -0.3 is 10.2 Å². The summed E-state index contributed by atoms with van der Waals surface area (Å²) in [5.74, 6) is 0.675. The molecule has 1 aliphatic carbocycles. The Labute approximate surface area is 108 Å². The summed E-state index contributed by atoms with van der Waals surface area (Å²) < 4.78 is 0. The highest BCUT2D eigenvalue weighted by Gasteiger charge is 2.44. The van der Waals surface area contributed by atoms with Crippen LogP contribution in [-0.2, 0) is 4.79 Å². The predicted molar refractivity (Wildman–Crippen MR) is 69.1 cm³/mol. The van der Waals surface area contributed by atoms with Crippen molar-refractivity contribution in [3.8, 4) is 0 Å². The van der Waals surface area contributed by atoms with Gasteiger partial charge in [-0.05, 0) is 46.6 Å². The van der Waals surface area contributed by atoms with Gasteiger partial charge in [0.15, 0.2) is 0 Å². The minimum Gasteiger partial charge on any atom is -0.324 e. The first-order valence-corrected chi connectivity index (χ1v) is 6.67. The quantitative estimate of drug-likeness (QED) is 0.745. The van der Waals surface area contributed by atoms with Gasteiger partial charge in [0.25, 0.3) is 5.91 Å². The van der Waals surface area contributed by atoms with Crippen LogP contribution in [0.3, 0.4) is 0 Å². The molecule has 0 bridgehead atoms. The van der Waals surface area contributed by atoms with Gasteiger partial charge in [0.1, 0.15) is 5.54 Å². The molecule has 0 radical (unpaired) electrons. The largest absolute Gasteiger partial charge is 0.325 e. The van der Waals surface area contributed by atoms with E-state index in [9.17, 15) is 9.59 Å². The van der Waals surface area contributed by atoms with Gasteiger partial charge in [0, 0.05) is 19.1 Å². The van der Waals surface area contributed by atoms with Crippen molar-refractivity contribution in [2.45, 2.75) is 45.2 Å². The van der Waals surface area contributed by atoms with Crippen LogP contribution >= 0.6 is 0 Å². The van der Waals surface area contributed by atoms with Crippen LogP contribution in [0.4, 0.5) is 4.79 Å². The van der Waals surface area contributed by atoms with Crippen molar-refractivity contribution in [1.82, 2.24) is 15.1 Å². The van der Waals surface area contributed by atoms with Gasteiger partial charge in [-0.2, -0.15) is 0 Å². The summed E-state index contributed by atoms with van der Waals surface area (Å²) in [6.45, 7) is 6.91. The molecule has 2 rings (SSSR count). The molecule has 0 aromatic carbocycles. The number of imide groups is 1. The zero-order chi connectivity index (χ0) is 13.5. The normalized spacial score (nSPS) is 24.6. The maximum Gasteiger partial charge on any atom is 0.325 e. The van der Waals surface area contributed by atoms with Crippen LogP contribution in [0.5, 0.6) is 0 Å². The Morgan fingerprint density at radius 1 is 1.44 bits per heavy atom. The van der Waals surface area contributed by atoms with Crippen LogP contribution < -0.4 is 5.32 Å². The average Bonchev–Trinajstić information content (AvgIpc) is 3.07. The van der Waals surface area contributed by atoms with Crippen LogP contribution in [0.2, 0.25) is 0 Å². The number of likely N-dealkylation sites (N-methyl/N-ethyl adjacent to an activating group) is 1. The molecule has 5 nitrogen and oxygen atoms in total. The number of amides is 3. The molecule has 0 aromatic rings. The highest BCUT2D eigenvalue weighted by atomic mass is 16.2. The third kappa shape index (κ3) is 2.51. The molecule has 0 spiro atoms. The van der Waals surface area contributed by atoms with Crippen LogP contribution in [0.1, 0.15) is 33.6 Å². The average molecular weight is 253 g/mol. The van der Waals surface area contributed by atoms with Crippen molar-refractivity contribution in [3.63, 3.8) is 0 Å². The zero-order valence-corrected chi connectivity index (χ0v) is 11.7. The third-order valence-corrected chi connectivity index (χ3v) is 4.12. The summed E-state index contributed by atoms with van der Waals surface area (Å²) in [7, 11) is 2.06. The molecule has 5 heteroatoms. The number of urea groups is 1. The van der Waals surface area contributed by atoms with E-state index in [4.69, 9.17) is 0 Å². The van der Waals surface area contributed by atoms with Crippen molar-refractivity contribution in [1.29, 1.82) is 0 Å². The van der Waals surface area contributed by atoms with Gasteiger partial charge in [-0.25, -0.2) is 4.79 Å². The summed E-state index contributed by atoms with van der Waals surface area (Å²) in [5, 5.41) is 2.70. The van der Waals surface area contributed by atoms with Crippen LogP contribution in [-0.4, -0.2) is 53.5 Å². The lowest BCUT2D eigenvalue weighted by atomic mass is 10.1. The Balaban J connectivity index is 1.86. The minimum atomic E-state index is -0.752. The van der Waals surface area contributed by atoms with E-state index in [1.165, 1.54) is 17.7 Å². The van der Waals surface area contributed by atoms with Crippen LogP contribution in [0, 0.1) is 5.92 Å². The Kier molecular flexibility index (Phi) is 3.36. The first-order chi connectivity index (χ1) is 8.33. The monoisotopic (exact) mass is 253 g/mol. The van der Waals surface area contributed by atoms with Crippen molar-refractivity contribution in [2.75, 3.05) is 20.1 Å². The maximum atomic E-state index is 12.0. The molecule has 102 valence electrons. The number of hydrogen-bond donors (Lipinski definition) is 1. The van der Waals surface area contributed by atoms with E-state index in [0.29, 0.717) is 12.6 Å². The highest BCUT2D eigenvalue weighted by Crippen LogP contribution is 2.34. The lowest BCUT2D eigenvalue weighted by Gasteiger charge is -2.26. The van der Waals surface area contributed by atoms with Crippen LogP contribution in [0.15, 0.2) is 0 Å². The molecule has 0 unspecified atom stereocenters. The second kappa shape index (κ2) is 4.53. The Morgan fingerprint density at radius 3 is 2.50 bits per heavy atom. The lowest BCUT2D eigenvalue weighted by molar-refractivity contribution is -0.130. The van der Waals surface area contributed by atoms with Gasteiger partial charge in [0.05, 0.1) is 0 Å². The first kappa shape index (κ1) is 13.3. The summed E-state index contributed by atoms with van der Waals surface area (Å²) in [6, 6.07) is 0.274. The molecule has 1 atom stereocenters. The summed E-state index contributed by atoms with van der Waals surface area (Å²) in [4.78, 5) is 27.3. The Hall–Kier alpha value is -1.10. The predicted octanol–water partition coefficient (Wildman–Crippen LogP) is 1.05. The van der Waals surface area contributed by atoms with Crippen molar-refractivity contribution in [3.05, 3.63) is 0 Å². The van der Waals surface area contributed by atoms with Gasteiger partial charge in [-0.3, -0.25) is 9.69 Å². The zero-order valence-electron chi connectivity index (χ0n) is 11.7. The van der Waals surface area contributed by atoms with E-state index >= 15 is 0 Å². The molecule has 1 heterocycles. The van der Waals surface area contributed by atoms with Crippen molar-refractivity contribution in [2.24, 2.45) is 5.92 Å². The van der Waals surface area contributed by atoms with E-state index < -0.39 is 5.54 Å². The van der Waals surface area contributed by atoms with E-state index in [2.05, 4.69) is 24.2 Å². The molecule has 1 saturated carbocycles. The molecule has 0 aromatic heterocycles. The summed E-state index contributed by atoms with van der Waals surface area (Å²) in [5.41, 5.74) is -0.752. The Morgan fingerprint density at radius 2 is 2.06 bits per heavy atom. The first-order valence-electron chi connectivity index (χ1n) is 6.67. The molecule has 2 aliphatic rings. The number of nitrogens with zero attached hydrogens (tertiary/aromatic N) is 2. The van der Waals surface area contributed by atoms with E-state index in [1.807, 2.05) is 0 Å². The summed E-state index contributed by atoms with van der Waals surface area (Å²) >= 11 is 0. The fourth-order valence-corrected chi connectivity index (χ4v) is 2.42. The molecular weight excluding hydrogens is 230 g/mol. The minimum absolute atomic E-state index is 0.125. The molecule has 1 aliphatic heterocycles. The second-order valence-electron chi connectivity index (χ2n) is 6.07. The van der Waals surface area contributed by atoms with Gasteiger partial charge in [-0.1, -0.05) is 0 Å². The topological polar surface area (TPSA) is 52.6 Å². The molecule has 18 heavy (non-hydrogen) atoms. The van der Waals surface area contributed by atoms with Crippen molar-refractivity contribution >= 4 is 11.9 Å². The summed E-state index contributed by atoms with van der Waals surface area (Å²) in [6.07, 6.45) is 2.61. The van der Waals surface area contributed by atoms with E-state index in [1.54, 1.807) is 13.8 Å². The van der Waals surface area contributed by atoms with Crippen molar-refractivity contribution < 1.29 is 9.59 Å². The molecular formula is C13H23N3O2. The molecule has 3 amide bonds. The number of hydrogen-bond acceptors (Lipinski definition) is 3. The fourth-order valence-electron chi connectivity index (χ4n) is 2.42. The fraction of sp³-hybridized carbons (Fsp3) is 0.846. The molecule has 2 fully saturated rings. The number of rotatable bonds is 5. The number of carbonyl (C=O) groups excluding carboxylic acids is 2. The SMILES string of the molecule is C[C@H](C1CC1)N(C)CCN1C(=O)NC(C)(C)C1=O. The third-order valence-electron chi connectivity index (χ3n) is 4.12. The molecule has 1 saturated heterocycles. The maximum absolute atomic E-state index is 12.0. The van der Waals surface area contributed by atoms with Gasteiger partial charge >= 0.3 is 6.03 Å².